The van der Waals surface area contributed by atoms with Crippen LogP contribution < -0.4 is 10.4 Å². The maximum Gasteiger partial charge on any atom is 0.261 e. The molecule has 0 amide bonds. The molecule has 2 atom stereocenters. The molecule has 0 radical (unpaired) electrons. The number of rotatable bonds is 9. The van der Waals surface area contributed by atoms with Crippen LogP contribution in [0.1, 0.15) is 40.0 Å². The van der Waals surface area contributed by atoms with E-state index in [0.717, 1.165) is 25.9 Å². The first kappa shape index (κ1) is 20.1. The van der Waals surface area contributed by atoms with Crippen molar-refractivity contribution in [3.63, 3.8) is 0 Å². The van der Waals surface area contributed by atoms with E-state index < -0.39 is 8.32 Å². The normalized spacial score (nSPS) is 19.7. The van der Waals surface area contributed by atoms with Gasteiger partial charge < -0.3 is 9.16 Å². The van der Waals surface area contributed by atoms with Crippen molar-refractivity contribution < 1.29 is 9.16 Å². The Kier molecular flexibility index (Phi) is 6.35. The lowest BCUT2D eigenvalue weighted by Gasteiger charge is -2.43. The van der Waals surface area contributed by atoms with Gasteiger partial charge in [-0.2, -0.15) is 0 Å². The summed E-state index contributed by atoms with van der Waals surface area (Å²) in [5.41, 5.74) is 0. The van der Waals surface area contributed by atoms with E-state index in [1.54, 1.807) is 0 Å². The Hall–Kier alpha value is -1.68. The second kappa shape index (κ2) is 8.55. The van der Waals surface area contributed by atoms with Crippen LogP contribution in [0.4, 0.5) is 0 Å². The number of hydrogen-bond acceptors (Lipinski definition) is 2. The van der Waals surface area contributed by atoms with Crippen LogP contribution >= 0.6 is 0 Å². The van der Waals surface area contributed by atoms with Crippen LogP contribution in [-0.4, -0.2) is 27.1 Å². The molecular formula is C24H32O2Si. The predicted molar refractivity (Wildman–Crippen MR) is 116 cm³/mol. The van der Waals surface area contributed by atoms with E-state index in [0.29, 0.717) is 6.10 Å². The summed E-state index contributed by atoms with van der Waals surface area (Å²) in [6.45, 7) is 11.6. The van der Waals surface area contributed by atoms with Gasteiger partial charge in [-0.15, -0.1) is 6.58 Å². The number of hydrogen-bond donors (Lipinski definition) is 0. The minimum Gasteiger partial charge on any atom is -0.407 e. The Labute approximate surface area is 165 Å². The first-order valence-electron chi connectivity index (χ1n) is 10.0. The Morgan fingerprint density at radius 3 is 1.96 bits per heavy atom. The van der Waals surface area contributed by atoms with Gasteiger partial charge in [-0.3, -0.25) is 0 Å². The number of ether oxygens (including phenoxy) is 1. The number of benzene rings is 2. The lowest BCUT2D eigenvalue weighted by molar-refractivity contribution is 0.282. The van der Waals surface area contributed by atoms with Crippen molar-refractivity contribution >= 4 is 18.7 Å². The molecule has 2 aromatic rings. The molecule has 0 bridgehead atoms. The van der Waals surface area contributed by atoms with Gasteiger partial charge in [-0.05, 0) is 34.7 Å². The van der Waals surface area contributed by atoms with Crippen LogP contribution in [0.3, 0.4) is 0 Å². The van der Waals surface area contributed by atoms with Crippen molar-refractivity contribution in [1.82, 2.24) is 0 Å². The molecule has 2 aromatic carbocycles. The third kappa shape index (κ3) is 4.42. The highest BCUT2D eigenvalue weighted by atomic mass is 28.4. The summed E-state index contributed by atoms with van der Waals surface area (Å²) in [6.07, 6.45) is 5.86. The molecule has 0 N–H and O–H groups in total. The number of epoxide rings is 1. The monoisotopic (exact) mass is 380 g/mol. The van der Waals surface area contributed by atoms with E-state index in [9.17, 15) is 0 Å². The molecular weight excluding hydrogens is 348 g/mol. The van der Waals surface area contributed by atoms with E-state index in [4.69, 9.17) is 9.16 Å². The zero-order valence-corrected chi connectivity index (χ0v) is 17.9. The summed E-state index contributed by atoms with van der Waals surface area (Å²) in [4.78, 5) is 0. The standard InChI is InChI=1S/C24H32O2Si/c1-5-22-23(26-22)18-12-13-19-25-27(24(2,3)4,20-14-8-6-9-15-20)21-16-10-7-11-17-21/h5-11,14-17,22-23H,1,12-13,18-19H2,2-4H3/t22-,23?/m1/s1. The highest BCUT2D eigenvalue weighted by Gasteiger charge is 2.49. The fourth-order valence-corrected chi connectivity index (χ4v) is 8.64. The summed E-state index contributed by atoms with van der Waals surface area (Å²) in [5.74, 6) is 0. The zero-order valence-electron chi connectivity index (χ0n) is 16.9. The van der Waals surface area contributed by atoms with Crippen LogP contribution in [0, 0.1) is 0 Å². The topological polar surface area (TPSA) is 21.8 Å². The fourth-order valence-electron chi connectivity index (χ4n) is 4.03. The molecule has 1 saturated heterocycles. The molecule has 1 aliphatic rings. The molecule has 0 aromatic heterocycles. The minimum absolute atomic E-state index is 0.0449. The second-order valence-electron chi connectivity index (χ2n) is 8.38. The van der Waals surface area contributed by atoms with Crippen molar-refractivity contribution in [1.29, 1.82) is 0 Å². The molecule has 0 aliphatic carbocycles. The van der Waals surface area contributed by atoms with Crippen molar-refractivity contribution in [3.05, 3.63) is 73.3 Å². The Morgan fingerprint density at radius 1 is 0.963 bits per heavy atom. The molecule has 144 valence electrons. The summed E-state index contributed by atoms with van der Waals surface area (Å²) in [7, 11) is -2.38. The van der Waals surface area contributed by atoms with Crippen molar-refractivity contribution in [2.75, 3.05) is 6.61 Å². The van der Waals surface area contributed by atoms with Gasteiger partial charge in [0.2, 0.25) is 0 Å². The average Bonchev–Trinajstić information content (AvgIpc) is 3.44. The van der Waals surface area contributed by atoms with Crippen LogP contribution in [0.25, 0.3) is 0 Å². The second-order valence-corrected chi connectivity index (χ2v) is 12.7. The predicted octanol–water partition coefficient (Wildman–Crippen LogP) is 4.69. The molecule has 1 heterocycles. The van der Waals surface area contributed by atoms with E-state index >= 15 is 0 Å². The van der Waals surface area contributed by atoms with Crippen LogP contribution in [-0.2, 0) is 9.16 Å². The third-order valence-electron chi connectivity index (χ3n) is 5.47. The first-order valence-corrected chi connectivity index (χ1v) is 11.9. The fraction of sp³-hybridized carbons (Fsp3) is 0.417. The number of unbranched alkanes of at least 4 members (excludes halogenated alkanes) is 1. The SMILES string of the molecule is C=C[C@H]1OC1CCCCO[Si](c1ccccc1)(c1ccccc1)C(C)(C)C. The first-order chi connectivity index (χ1) is 13.0. The van der Waals surface area contributed by atoms with Gasteiger partial charge in [0.05, 0.1) is 6.10 Å². The smallest absolute Gasteiger partial charge is 0.261 e. The Bertz CT molecular complexity index is 682. The highest BCUT2D eigenvalue weighted by molar-refractivity contribution is 6.99. The lowest BCUT2D eigenvalue weighted by atomic mass is 10.1. The average molecular weight is 381 g/mol. The van der Waals surface area contributed by atoms with Gasteiger partial charge in [0.25, 0.3) is 8.32 Å². The van der Waals surface area contributed by atoms with E-state index in [1.807, 2.05) is 6.08 Å². The third-order valence-corrected chi connectivity index (χ3v) is 10.5. The quantitative estimate of drug-likeness (QED) is 0.272. The van der Waals surface area contributed by atoms with E-state index in [-0.39, 0.29) is 11.1 Å². The van der Waals surface area contributed by atoms with Crippen LogP contribution in [0.2, 0.25) is 5.04 Å². The van der Waals surface area contributed by atoms with Gasteiger partial charge in [0, 0.05) is 6.61 Å². The largest absolute Gasteiger partial charge is 0.407 e. The van der Waals surface area contributed by atoms with Gasteiger partial charge in [0.15, 0.2) is 0 Å². The maximum atomic E-state index is 6.90. The molecule has 1 aliphatic heterocycles. The molecule has 1 unspecified atom stereocenters. The van der Waals surface area contributed by atoms with Crippen molar-refractivity contribution in [3.8, 4) is 0 Å². The molecule has 1 fully saturated rings. The molecule has 3 rings (SSSR count). The Morgan fingerprint density at radius 2 is 1.52 bits per heavy atom. The summed E-state index contributed by atoms with van der Waals surface area (Å²) in [6, 6.07) is 21.7. The highest BCUT2D eigenvalue weighted by Crippen LogP contribution is 2.37. The summed E-state index contributed by atoms with van der Waals surface area (Å²) >= 11 is 0. The maximum absolute atomic E-state index is 6.90. The molecule has 0 spiro atoms. The van der Waals surface area contributed by atoms with Crippen LogP contribution in [0.5, 0.6) is 0 Å². The molecule has 2 nitrogen and oxygen atoms in total. The van der Waals surface area contributed by atoms with Gasteiger partial charge in [-0.25, -0.2) is 0 Å². The lowest BCUT2D eigenvalue weighted by Crippen LogP contribution is -2.66. The summed E-state index contributed by atoms with van der Waals surface area (Å²) in [5, 5.41) is 2.74. The summed E-state index contributed by atoms with van der Waals surface area (Å²) < 4.78 is 12.5. The Balaban J connectivity index is 1.78. The van der Waals surface area contributed by atoms with E-state index in [1.165, 1.54) is 10.4 Å². The van der Waals surface area contributed by atoms with Crippen molar-refractivity contribution in [2.24, 2.45) is 0 Å². The van der Waals surface area contributed by atoms with Gasteiger partial charge in [-0.1, -0.05) is 87.5 Å². The molecule has 3 heteroatoms. The van der Waals surface area contributed by atoms with Gasteiger partial charge >= 0.3 is 0 Å². The van der Waals surface area contributed by atoms with Crippen LogP contribution in [0.15, 0.2) is 73.3 Å². The minimum atomic E-state index is -2.38. The van der Waals surface area contributed by atoms with Gasteiger partial charge in [0.1, 0.15) is 6.10 Å². The molecule has 27 heavy (non-hydrogen) atoms. The van der Waals surface area contributed by atoms with E-state index in [2.05, 4.69) is 88.0 Å². The van der Waals surface area contributed by atoms with Crippen molar-refractivity contribution in [2.45, 2.75) is 57.3 Å². The molecule has 0 saturated carbocycles. The zero-order chi connectivity index (χ0) is 19.3.